The number of carboxylic acids is 1. The number of hydrogen-bond acceptors (Lipinski definition) is 4. The van der Waals surface area contributed by atoms with Crippen molar-refractivity contribution >= 4 is 17.7 Å². The number of carbonyl (C=O) groups excluding carboxylic acids is 1. The molecule has 1 aliphatic rings. The standard InChI is InChI=1S/C20H29NO5/c1-5-12(13-8-6-10-15(13)18(23)24)14-9-7-11-16(22)17(14)21-19(25)26-20(2,3)4/h7,9,11-13,15,22H,5-6,8,10H2,1-4H3,(H,21,25)(H,23,24)/t12-,13-,15-/m1/s1. The molecule has 6 heteroatoms. The van der Waals surface area contributed by atoms with E-state index in [2.05, 4.69) is 5.32 Å². The first kappa shape index (κ1) is 20.1. The van der Waals surface area contributed by atoms with E-state index in [1.165, 1.54) is 6.07 Å². The van der Waals surface area contributed by atoms with E-state index in [0.29, 0.717) is 12.1 Å². The zero-order chi connectivity index (χ0) is 19.5. The van der Waals surface area contributed by atoms with Crippen molar-refractivity contribution in [1.82, 2.24) is 0 Å². The molecule has 1 aliphatic carbocycles. The van der Waals surface area contributed by atoms with Gasteiger partial charge in [0.2, 0.25) is 0 Å². The van der Waals surface area contributed by atoms with Crippen molar-refractivity contribution in [2.75, 3.05) is 5.32 Å². The molecule has 1 saturated carbocycles. The van der Waals surface area contributed by atoms with E-state index >= 15 is 0 Å². The monoisotopic (exact) mass is 363 g/mol. The number of carboxylic acid groups (broad SMARTS) is 1. The van der Waals surface area contributed by atoms with E-state index in [1.54, 1.807) is 26.8 Å². The number of ether oxygens (including phenoxy) is 1. The molecule has 1 fully saturated rings. The van der Waals surface area contributed by atoms with Crippen molar-refractivity contribution in [2.45, 2.75) is 64.9 Å². The van der Waals surface area contributed by atoms with E-state index in [4.69, 9.17) is 4.74 Å². The summed E-state index contributed by atoms with van der Waals surface area (Å²) < 4.78 is 5.29. The topological polar surface area (TPSA) is 95.9 Å². The van der Waals surface area contributed by atoms with Crippen LogP contribution < -0.4 is 5.32 Å². The van der Waals surface area contributed by atoms with Crippen molar-refractivity contribution < 1.29 is 24.5 Å². The summed E-state index contributed by atoms with van der Waals surface area (Å²) in [7, 11) is 0. The minimum atomic E-state index is -0.771. The van der Waals surface area contributed by atoms with Crippen molar-refractivity contribution in [2.24, 2.45) is 11.8 Å². The SMILES string of the molecule is CC[C@@H](c1cccc(O)c1NC(=O)OC(C)(C)C)[C@H]1CCC[C@H]1C(=O)O. The first-order valence-electron chi connectivity index (χ1n) is 9.18. The second kappa shape index (κ2) is 7.98. The molecule has 3 atom stereocenters. The van der Waals surface area contributed by atoms with Gasteiger partial charge >= 0.3 is 12.1 Å². The molecule has 0 bridgehead atoms. The molecule has 1 amide bonds. The highest BCUT2D eigenvalue weighted by Crippen LogP contribution is 2.46. The molecule has 0 unspecified atom stereocenters. The van der Waals surface area contributed by atoms with Crippen LogP contribution in [0.15, 0.2) is 18.2 Å². The maximum absolute atomic E-state index is 12.2. The third-order valence-electron chi connectivity index (χ3n) is 4.94. The van der Waals surface area contributed by atoms with Crippen LogP contribution in [0, 0.1) is 11.8 Å². The summed E-state index contributed by atoms with van der Waals surface area (Å²) in [4.78, 5) is 23.8. The van der Waals surface area contributed by atoms with E-state index in [0.717, 1.165) is 24.8 Å². The van der Waals surface area contributed by atoms with E-state index in [-0.39, 0.29) is 17.6 Å². The summed E-state index contributed by atoms with van der Waals surface area (Å²) in [6.45, 7) is 7.30. The second-order valence-electron chi connectivity index (χ2n) is 7.92. The summed E-state index contributed by atoms with van der Waals surface area (Å²) >= 11 is 0. The average Bonchev–Trinajstić information content (AvgIpc) is 2.99. The summed E-state index contributed by atoms with van der Waals surface area (Å²) in [5.74, 6) is -1.28. The average molecular weight is 363 g/mol. The number of para-hydroxylation sites is 1. The number of carbonyl (C=O) groups is 2. The molecule has 0 spiro atoms. The van der Waals surface area contributed by atoms with E-state index in [9.17, 15) is 19.8 Å². The van der Waals surface area contributed by atoms with Gasteiger partial charge in [-0.1, -0.05) is 25.5 Å². The zero-order valence-electron chi connectivity index (χ0n) is 15.9. The smallest absolute Gasteiger partial charge is 0.412 e. The second-order valence-corrected chi connectivity index (χ2v) is 7.92. The Bertz CT molecular complexity index is 665. The molecule has 3 N–H and O–H groups in total. The molecule has 2 rings (SSSR count). The zero-order valence-corrected chi connectivity index (χ0v) is 15.9. The Kier molecular flexibility index (Phi) is 6.16. The van der Waals surface area contributed by atoms with Crippen molar-refractivity contribution in [3.05, 3.63) is 23.8 Å². The van der Waals surface area contributed by atoms with E-state index < -0.39 is 23.6 Å². The maximum atomic E-state index is 12.2. The summed E-state index contributed by atoms with van der Waals surface area (Å²) in [5.41, 5.74) is 0.416. The largest absolute Gasteiger partial charge is 0.506 e. The van der Waals surface area contributed by atoms with Crippen molar-refractivity contribution in [1.29, 1.82) is 0 Å². The normalized spacial score (nSPS) is 21.2. The van der Waals surface area contributed by atoms with Crippen LogP contribution in [0.1, 0.15) is 64.9 Å². The van der Waals surface area contributed by atoms with Gasteiger partial charge in [-0.15, -0.1) is 0 Å². The van der Waals surface area contributed by atoms with Gasteiger partial charge in [-0.3, -0.25) is 10.1 Å². The molecule has 0 aromatic heterocycles. The molecule has 144 valence electrons. The Morgan fingerprint density at radius 3 is 2.58 bits per heavy atom. The van der Waals surface area contributed by atoms with E-state index in [1.807, 2.05) is 13.0 Å². The summed E-state index contributed by atoms with van der Waals surface area (Å²) in [6, 6.07) is 5.07. The maximum Gasteiger partial charge on any atom is 0.412 e. The molecular formula is C20H29NO5. The Morgan fingerprint density at radius 2 is 2.00 bits per heavy atom. The Morgan fingerprint density at radius 1 is 1.31 bits per heavy atom. The van der Waals surface area contributed by atoms with Gasteiger partial charge < -0.3 is 14.9 Å². The van der Waals surface area contributed by atoms with Gasteiger partial charge in [0.05, 0.1) is 11.6 Å². The summed E-state index contributed by atoms with van der Waals surface area (Å²) in [6.07, 6.45) is 2.46. The fourth-order valence-corrected chi connectivity index (χ4v) is 3.94. The third kappa shape index (κ3) is 4.68. The minimum absolute atomic E-state index is 0.0153. The van der Waals surface area contributed by atoms with Crippen LogP contribution >= 0.6 is 0 Å². The Balaban J connectivity index is 2.34. The highest BCUT2D eigenvalue weighted by molar-refractivity contribution is 5.88. The Labute approximate surface area is 154 Å². The lowest BCUT2D eigenvalue weighted by atomic mass is 9.77. The molecular weight excluding hydrogens is 334 g/mol. The molecule has 6 nitrogen and oxygen atoms in total. The minimum Gasteiger partial charge on any atom is -0.506 e. The van der Waals surface area contributed by atoms with Crippen LogP contribution in [-0.2, 0) is 9.53 Å². The molecule has 0 aliphatic heterocycles. The molecule has 0 saturated heterocycles. The molecule has 1 aromatic carbocycles. The highest BCUT2D eigenvalue weighted by Gasteiger charge is 2.39. The molecule has 0 radical (unpaired) electrons. The van der Waals surface area contributed by atoms with Gasteiger partial charge in [0, 0.05) is 0 Å². The lowest BCUT2D eigenvalue weighted by Gasteiger charge is -2.29. The van der Waals surface area contributed by atoms with Crippen LogP contribution in [0.2, 0.25) is 0 Å². The number of hydrogen-bond donors (Lipinski definition) is 3. The molecule has 1 aromatic rings. The third-order valence-corrected chi connectivity index (χ3v) is 4.94. The highest BCUT2D eigenvalue weighted by atomic mass is 16.6. The van der Waals surface area contributed by atoms with Gasteiger partial charge in [-0.05, 0) is 63.5 Å². The predicted octanol–water partition coefficient (Wildman–Crippen LogP) is 4.73. The summed E-state index contributed by atoms with van der Waals surface area (Å²) in [5, 5.41) is 22.5. The number of benzene rings is 1. The number of amides is 1. The first-order valence-corrected chi connectivity index (χ1v) is 9.18. The quantitative estimate of drug-likeness (QED) is 0.657. The first-order chi connectivity index (χ1) is 12.1. The number of aromatic hydroxyl groups is 1. The Hall–Kier alpha value is -2.24. The number of anilines is 1. The number of aliphatic carboxylic acids is 1. The molecule has 26 heavy (non-hydrogen) atoms. The molecule has 0 heterocycles. The van der Waals surface area contributed by atoms with Gasteiger partial charge in [0.1, 0.15) is 11.4 Å². The van der Waals surface area contributed by atoms with Crippen LogP contribution in [0.3, 0.4) is 0 Å². The predicted molar refractivity (Wildman–Crippen MR) is 99.5 cm³/mol. The number of rotatable bonds is 5. The van der Waals surface area contributed by atoms with Gasteiger partial charge in [-0.2, -0.15) is 0 Å². The fourth-order valence-electron chi connectivity index (χ4n) is 3.94. The van der Waals surface area contributed by atoms with Gasteiger partial charge in [0.25, 0.3) is 0 Å². The number of nitrogens with one attached hydrogen (secondary N) is 1. The van der Waals surface area contributed by atoms with Crippen molar-refractivity contribution in [3.63, 3.8) is 0 Å². The fraction of sp³-hybridized carbons (Fsp3) is 0.600. The number of phenolic OH excluding ortho intramolecular Hbond substituents is 1. The van der Waals surface area contributed by atoms with Crippen LogP contribution in [0.4, 0.5) is 10.5 Å². The van der Waals surface area contributed by atoms with Crippen LogP contribution in [0.25, 0.3) is 0 Å². The van der Waals surface area contributed by atoms with Crippen LogP contribution in [-0.4, -0.2) is 27.9 Å². The number of phenols is 1. The lowest BCUT2D eigenvalue weighted by molar-refractivity contribution is -0.143. The lowest BCUT2D eigenvalue weighted by Crippen LogP contribution is -2.28. The van der Waals surface area contributed by atoms with Crippen LogP contribution in [0.5, 0.6) is 5.75 Å². The van der Waals surface area contributed by atoms with Gasteiger partial charge in [-0.25, -0.2) is 4.79 Å². The van der Waals surface area contributed by atoms with Gasteiger partial charge in [0.15, 0.2) is 0 Å². The van der Waals surface area contributed by atoms with Crippen molar-refractivity contribution in [3.8, 4) is 5.75 Å².